The Balaban J connectivity index is 1.60. The molecule has 0 aliphatic heterocycles. The van der Waals surface area contributed by atoms with Gasteiger partial charge in [-0.25, -0.2) is 9.78 Å². The standard InChI is InChI=1S/C18H18N4O2/c1-18(5-6-18)24-17(23)21-16-8-14-7-12(3-4-13(14)9-19-16)15-10-20-22(2)11-15/h3-4,7-11H,5-6H2,1-2H3,(H,19,21,23). The fourth-order valence-corrected chi connectivity index (χ4v) is 2.59. The van der Waals surface area contributed by atoms with Gasteiger partial charge in [0.1, 0.15) is 11.4 Å². The average molecular weight is 322 g/mol. The maximum absolute atomic E-state index is 11.9. The van der Waals surface area contributed by atoms with Gasteiger partial charge in [0.25, 0.3) is 0 Å². The van der Waals surface area contributed by atoms with Crippen LogP contribution in [0.15, 0.2) is 42.9 Å². The van der Waals surface area contributed by atoms with Crippen LogP contribution < -0.4 is 5.32 Å². The van der Waals surface area contributed by atoms with E-state index in [4.69, 9.17) is 4.74 Å². The molecule has 6 nitrogen and oxygen atoms in total. The quantitative estimate of drug-likeness (QED) is 0.797. The molecule has 1 saturated carbocycles. The summed E-state index contributed by atoms with van der Waals surface area (Å²) in [6.45, 7) is 1.93. The third-order valence-corrected chi connectivity index (χ3v) is 4.28. The van der Waals surface area contributed by atoms with E-state index in [2.05, 4.69) is 21.5 Å². The molecule has 1 aliphatic rings. The SMILES string of the molecule is Cn1cc(-c2ccc3cnc(NC(=O)OC4(C)CC4)cc3c2)cn1. The second-order valence-electron chi connectivity index (χ2n) is 6.50. The molecule has 0 unspecified atom stereocenters. The lowest BCUT2D eigenvalue weighted by Gasteiger charge is -2.11. The van der Waals surface area contributed by atoms with Gasteiger partial charge in [-0.15, -0.1) is 0 Å². The van der Waals surface area contributed by atoms with E-state index < -0.39 is 6.09 Å². The number of amides is 1. The molecule has 1 fully saturated rings. The van der Waals surface area contributed by atoms with Crippen molar-refractivity contribution in [1.82, 2.24) is 14.8 Å². The van der Waals surface area contributed by atoms with E-state index in [1.165, 1.54) is 0 Å². The van der Waals surface area contributed by atoms with Crippen molar-refractivity contribution in [2.45, 2.75) is 25.4 Å². The van der Waals surface area contributed by atoms with Crippen LogP contribution in [0.3, 0.4) is 0 Å². The minimum Gasteiger partial charge on any atom is -0.443 e. The van der Waals surface area contributed by atoms with E-state index in [-0.39, 0.29) is 5.60 Å². The molecular formula is C18H18N4O2. The highest BCUT2D eigenvalue weighted by Crippen LogP contribution is 2.38. The van der Waals surface area contributed by atoms with Crippen LogP contribution in [0.25, 0.3) is 21.9 Å². The molecule has 0 saturated heterocycles. The van der Waals surface area contributed by atoms with Crippen LogP contribution in [0, 0.1) is 0 Å². The molecule has 2 aromatic heterocycles. The molecule has 0 atom stereocenters. The zero-order valence-electron chi connectivity index (χ0n) is 13.6. The molecule has 6 heteroatoms. The smallest absolute Gasteiger partial charge is 0.413 e. The van der Waals surface area contributed by atoms with Gasteiger partial charge >= 0.3 is 6.09 Å². The van der Waals surface area contributed by atoms with Gasteiger partial charge in [0.15, 0.2) is 0 Å². The van der Waals surface area contributed by atoms with Crippen LogP contribution in [0.4, 0.5) is 10.6 Å². The monoisotopic (exact) mass is 322 g/mol. The molecule has 0 radical (unpaired) electrons. The minimum absolute atomic E-state index is 0.297. The number of benzene rings is 1. The number of nitrogens with zero attached hydrogens (tertiary/aromatic N) is 3. The molecule has 3 aromatic rings. The van der Waals surface area contributed by atoms with Crippen molar-refractivity contribution in [1.29, 1.82) is 0 Å². The number of anilines is 1. The topological polar surface area (TPSA) is 69.0 Å². The van der Waals surface area contributed by atoms with Gasteiger partial charge in [-0.1, -0.05) is 12.1 Å². The van der Waals surface area contributed by atoms with Gasteiger partial charge in [0, 0.05) is 30.4 Å². The Hall–Kier alpha value is -2.89. The van der Waals surface area contributed by atoms with E-state index in [1.54, 1.807) is 10.9 Å². The molecule has 1 aliphatic carbocycles. The first kappa shape index (κ1) is 14.7. The number of fused-ring (bicyclic) bond motifs is 1. The number of aryl methyl sites for hydroxylation is 1. The molecule has 2 heterocycles. The maximum atomic E-state index is 11.9. The number of pyridine rings is 1. The van der Waals surface area contributed by atoms with Crippen LogP contribution >= 0.6 is 0 Å². The molecule has 122 valence electrons. The van der Waals surface area contributed by atoms with Gasteiger partial charge in [0.05, 0.1) is 6.20 Å². The highest BCUT2D eigenvalue weighted by atomic mass is 16.6. The van der Waals surface area contributed by atoms with E-state index >= 15 is 0 Å². The molecule has 1 N–H and O–H groups in total. The van der Waals surface area contributed by atoms with Gasteiger partial charge < -0.3 is 4.74 Å². The van der Waals surface area contributed by atoms with E-state index in [9.17, 15) is 4.79 Å². The van der Waals surface area contributed by atoms with Crippen molar-refractivity contribution in [3.05, 3.63) is 42.9 Å². The Morgan fingerprint density at radius 1 is 1.21 bits per heavy atom. The number of nitrogens with one attached hydrogen (secondary N) is 1. The first-order valence-electron chi connectivity index (χ1n) is 7.90. The predicted octanol–water partition coefficient (Wildman–Crippen LogP) is 3.74. The molecule has 0 bridgehead atoms. The molecule has 4 rings (SSSR count). The van der Waals surface area contributed by atoms with Crippen molar-refractivity contribution in [2.75, 3.05) is 5.32 Å². The van der Waals surface area contributed by atoms with Crippen LogP contribution in [-0.2, 0) is 11.8 Å². The lowest BCUT2D eigenvalue weighted by atomic mass is 10.1. The molecule has 1 amide bonds. The summed E-state index contributed by atoms with van der Waals surface area (Å²) in [4.78, 5) is 16.2. The Morgan fingerprint density at radius 2 is 2.04 bits per heavy atom. The lowest BCUT2D eigenvalue weighted by molar-refractivity contribution is 0.107. The highest BCUT2D eigenvalue weighted by molar-refractivity contribution is 5.91. The zero-order valence-corrected chi connectivity index (χ0v) is 13.6. The van der Waals surface area contributed by atoms with Crippen LogP contribution in [-0.4, -0.2) is 26.5 Å². The summed E-state index contributed by atoms with van der Waals surface area (Å²) in [5.74, 6) is 0.486. The van der Waals surface area contributed by atoms with Crippen molar-refractivity contribution in [3.8, 4) is 11.1 Å². The molecular weight excluding hydrogens is 304 g/mol. The first-order chi connectivity index (χ1) is 11.5. The summed E-state index contributed by atoms with van der Waals surface area (Å²) in [7, 11) is 1.89. The summed E-state index contributed by atoms with van der Waals surface area (Å²) in [5.41, 5.74) is 1.82. The first-order valence-corrected chi connectivity index (χ1v) is 7.90. The normalized spacial score (nSPS) is 15.2. The Bertz CT molecular complexity index is 928. The summed E-state index contributed by atoms with van der Waals surface area (Å²) < 4.78 is 7.13. The third-order valence-electron chi connectivity index (χ3n) is 4.28. The van der Waals surface area contributed by atoms with Crippen molar-refractivity contribution >= 4 is 22.7 Å². The fourth-order valence-electron chi connectivity index (χ4n) is 2.59. The summed E-state index contributed by atoms with van der Waals surface area (Å²) in [5, 5.41) is 8.92. The maximum Gasteiger partial charge on any atom is 0.413 e. The highest BCUT2D eigenvalue weighted by Gasteiger charge is 2.41. The third kappa shape index (κ3) is 2.95. The number of aromatic nitrogens is 3. The predicted molar refractivity (Wildman–Crippen MR) is 91.7 cm³/mol. The number of hydrogen-bond acceptors (Lipinski definition) is 4. The van der Waals surface area contributed by atoms with Crippen LogP contribution in [0.5, 0.6) is 0 Å². The van der Waals surface area contributed by atoms with Gasteiger partial charge in [-0.3, -0.25) is 10.00 Å². The van der Waals surface area contributed by atoms with E-state index in [1.807, 2.05) is 44.6 Å². The van der Waals surface area contributed by atoms with Gasteiger partial charge in [-0.05, 0) is 42.8 Å². The number of rotatable bonds is 3. The Labute approximate surface area is 139 Å². The van der Waals surface area contributed by atoms with Gasteiger partial charge in [-0.2, -0.15) is 5.10 Å². The second kappa shape index (κ2) is 5.33. The minimum atomic E-state index is -0.453. The van der Waals surface area contributed by atoms with E-state index in [0.29, 0.717) is 5.82 Å². The van der Waals surface area contributed by atoms with Crippen LogP contribution in [0.1, 0.15) is 19.8 Å². The largest absolute Gasteiger partial charge is 0.443 e. The van der Waals surface area contributed by atoms with E-state index in [0.717, 1.165) is 34.7 Å². The molecule has 0 spiro atoms. The Morgan fingerprint density at radius 3 is 2.75 bits per heavy atom. The number of carbonyl (C=O) groups excluding carboxylic acids is 1. The van der Waals surface area contributed by atoms with Crippen LogP contribution in [0.2, 0.25) is 0 Å². The Kier molecular flexibility index (Phi) is 3.26. The fraction of sp³-hybridized carbons (Fsp3) is 0.278. The zero-order chi connectivity index (χ0) is 16.7. The summed E-state index contributed by atoms with van der Waals surface area (Å²) >= 11 is 0. The number of ether oxygens (including phenoxy) is 1. The van der Waals surface area contributed by atoms with Gasteiger partial charge in [0.2, 0.25) is 0 Å². The summed E-state index contributed by atoms with van der Waals surface area (Å²) in [6.07, 6.45) is 6.92. The number of hydrogen-bond donors (Lipinski definition) is 1. The summed E-state index contributed by atoms with van der Waals surface area (Å²) in [6, 6.07) is 7.97. The van der Waals surface area contributed by atoms with Crippen molar-refractivity contribution in [2.24, 2.45) is 7.05 Å². The number of carbonyl (C=O) groups is 1. The van der Waals surface area contributed by atoms with Crippen molar-refractivity contribution in [3.63, 3.8) is 0 Å². The molecule has 24 heavy (non-hydrogen) atoms. The second-order valence-corrected chi connectivity index (χ2v) is 6.50. The van der Waals surface area contributed by atoms with Crippen molar-refractivity contribution < 1.29 is 9.53 Å². The molecule has 1 aromatic carbocycles. The lowest BCUT2D eigenvalue weighted by Crippen LogP contribution is -2.21. The average Bonchev–Trinajstić information content (AvgIpc) is 3.10.